The quantitative estimate of drug-likeness (QED) is 0.0455. The Hall–Kier alpha value is -5.53. The Kier molecular flexibility index (Phi) is 13.7. The number of benzene rings is 7. The zero-order valence-corrected chi connectivity index (χ0v) is 35.5. The van der Waals surface area contributed by atoms with Gasteiger partial charge in [-0.3, -0.25) is 0 Å². The van der Waals surface area contributed by atoms with Crippen LogP contribution in [0, 0.1) is 13.8 Å². The Morgan fingerprint density at radius 2 is 0.790 bits per heavy atom. The molecule has 0 amide bonds. The van der Waals surface area contributed by atoms with Crippen LogP contribution in [0.25, 0.3) is 22.3 Å². The maximum atomic E-state index is 14.7. The first kappa shape index (κ1) is 46.0. The Balaban J connectivity index is 0.00000641. The minimum atomic E-state index is -6.73. The third kappa shape index (κ3) is 10.4. The Labute approximate surface area is 372 Å². The maximum Gasteiger partial charge on any atom is 1.00 e. The van der Waals surface area contributed by atoms with Crippen molar-refractivity contribution in [2.75, 3.05) is 0 Å². The van der Waals surface area contributed by atoms with Gasteiger partial charge in [0.1, 0.15) is 34.5 Å². The van der Waals surface area contributed by atoms with Crippen LogP contribution in [0.15, 0.2) is 178 Å². The smallest absolute Gasteiger partial charge is 0.743 e. The summed E-state index contributed by atoms with van der Waals surface area (Å²) in [5, 5.41) is -11.3. The molecular weight excluding hydrogens is 860 g/mol. The van der Waals surface area contributed by atoms with Gasteiger partial charge in [-0.15, -0.1) is 0 Å². The molecule has 0 aromatic heterocycles. The molecular formula is C46H33F4LiO8S3. The molecule has 16 heteroatoms. The summed E-state index contributed by atoms with van der Waals surface area (Å²) in [6.45, 7) is 3.83. The first-order valence-electron chi connectivity index (χ1n) is 18.3. The van der Waals surface area contributed by atoms with E-state index in [1.807, 2.05) is 50.2 Å². The van der Waals surface area contributed by atoms with Crippen molar-refractivity contribution in [3.8, 4) is 56.8 Å². The number of hydrogen-bond acceptors (Lipinski definition) is 9. The predicted octanol–water partition coefficient (Wildman–Crippen LogP) is 9.67. The van der Waals surface area contributed by atoms with E-state index in [1.165, 1.54) is 24.3 Å². The van der Waals surface area contributed by atoms with Crippen LogP contribution in [0.2, 0.25) is 0 Å². The third-order valence-corrected chi connectivity index (χ3v) is 13.1. The van der Waals surface area contributed by atoms with Crippen LogP contribution in [0.1, 0.15) is 11.1 Å². The van der Waals surface area contributed by atoms with E-state index < -0.39 is 47.1 Å². The molecule has 0 aliphatic rings. The second-order valence-corrected chi connectivity index (χ2v) is 18.3. The van der Waals surface area contributed by atoms with Crippen LogP contribution in [0.5, 0.6) is 34.5 Å². The molecule has 0 spiro atoms. The molecule has 7 aromatic carbocycles. The molecule has 0 saturated carbocycles. The second-order valence-electron chi connectivity index (χ2n) is 13.7. The van der Waals surface area contributed by atoms with Crippen molar-refractivity contribution in [2.24, 2.45) is 0 Å². The van der Waals surface area contributed by atoms with Crippen molar-refractivity contribution in [3.63, 3.8) is 0 Å². The van der Waals surface area contributed by atoms with E-state index in [0.29, 0.717) is 17.2 Å². The van der Waals surface area contributed by atoms with Crippen LogP contribution in [0.4, 0.5) is 17.6 Å². The molecule has 0 aliphatic heterocycles. The number of alkyl halides is 4. The van der Waals surface area contributed by atoms with Gasteiger partial charge in [-0.05, 0) is 133 Å². The fourth-order valence-electron chi connectivity index (χ4n) is 5.89. The summed E-state index contributed by atoms with van der Waals surface area (Å²) in [4.78, 5) is -0.252. The van der Waals surface area contributed by atoms with E-state index in [4.69, 9.17) is 14.2 Å². The van der Waals surface area contributed by atoms with Crippen molar-refractivity contribution >= 4 is 31.7 Å². The summed E-state index contributed by atoms with van der Waals surface area (Å²) in [5.41, 5.74) is 5.35. The van der Waals surface area contributed by atoms with Crippen LogP contribution in [-0.2, 0) is 20.0 Å². The second kappa shape index (κ2) is 18.4. The molecule has 0 unspecified atom stereocenters. The minimum Gasteiger partial charge on any atom is -0.743 e. The molecule has 0 radical (unpaired) electrons. The first-order chi connectivity index (χ1) is 28.9. The summed E-state index contributed by atoms with van der Waals surface area (Å²) < 4.78 is 135. The molecule has 0 N–H and O–H groups in total. The van der Waals surface area contributed by atoms with Gasteiger partial charge >= 0.3 is 29.4 Å². The van der Waals surface area contributed by atoms with Crippen LogP contribution < -0.4 is 33.1 Å². The Bertz CT molecular complexity index is 2880. The van der Waals surface area contributed by atoms with Gasteiger partial charge in [-0.25, -0.2) is 16.8 Å². The summed E-state index contributed by atoms with van der Waals surface area (Å²) in [7, 11) is -10.4. The van der Waals surface area contributed by atoms with Crippen molar-refractivity contribution in [1.82, 2.24) is 0 Å². The van der Waals surface area contributed by atoms with Gasteiger partial charge in [0, 0.05) is 6.07 Å². The molecule has 0 fully saturated rings. The van der Waals surface area contributed by atoms with E-state index in [-0.39, 0.29) is 45.9 Å². The number of sulfone groups is 1. The number of thioether (sulfide) groups is 1. The zero-order chi connectivity index (χ0) is 43.6. The fourth-order valence-corrected chi connectivity index (χ4v) is 8.61. The van der Waals surface area contributed by atoms with Gasteiger partial charge in [0.25, 0.3) is 0 Å². The molecule has 0 aliphatic carbocycles. The summed E-state index contributed by atoms with van der Waals surface area (Å²) in [6, 6.07) is 44.3. The normalized spacial score (nSPS) is 12.0. The summed E-state index contributed by atoms with van der Waals surface area (Å²) in [5.74, 6) is 1.11. The van der Waals surface area contributed by atoms with E-state index in [1.54, 1.807) is 97.1 Å². The van der Waals surface area contributed by atoms with E-state index in [9.17, 15) is 39.0 Å². The summed E-state index contributed by atoms with van der Waals surface area (Å²) >= 11 is -0.830. The molecule has 7 aromatic rings. The van der Waals surface area contributed by atoms with Crippen molar-refractivity contribution in [3.05, 3.63) is 175 Å². The number of aryl methyl sites for hydroxylation is 2. The van der Waals surface area contributed by atoms with Gasteiger partial charge < -0.3 is 18.8 Å². The van der Waals surface area contributed by atoms with E-state index >= 15 is 0 Å². The number of rotatable bonds is 14. The zero-order valence-electron chi connectivity index (χ0n) is 33.1. The summed E-state index contributed by atoms with van der Waals surface area (Å²) in [6.07, 6.45) is 0. The topological polar surface area (TPSA) is 119 Å². The Morgan fingerprint density at radius 1 is 0.468 bits per heavy atom. The average Bonchev–Trinajstić information content (AvgIpc) is 3.23. The molecule has 0 saturated heterocycles. The minimum absolute atomic E-state index is 0. The SMILES string of the molecule is Cc1ccc(-c2ccc(Oc3cc(Oc4ccc(-c5ccc(Oc6ccc(S(=O)(=O)c7ccc(C)cc7)cc6)cc5)cc4)ccc3SC(F)(F)C(F)(F)S(=O)(=O)[O-])cc2)cc1.[Li+]. The molecule has 8 nitrogen and oxygen atoms in total. The molecule has 312 valence electrons. The monoisotopic (exact) mass is 892 g/mol. The molecule has 0 atom stereocenters. The number of halogens is 4. The van der Waals surface area contributed by atoms with Crippen molar-refractivity contribution < 1.29 is 72.0 Å². The maximum absolute atomic E-state index is 14.7. The van der Waals surface area contributed by atoms with Crippen molar-refractivity contribution in [1.29, 1.82) is 0 Å². The van der Waals surface area contributed by atoms with Crippen LogP contribution >= 0.6 is 11.8 Å². The van der Waals surface area contributed by atoms with E-state index in [0.717, 1.165) is 39.4 Å². The van der Waals surface area contributed by atoms with E-state index in [2.05, 4.69) is 0 Å². The van der Waals surface area contributed by atoms with Crippen LogP contribution in [0.3, 0.4) is 0 Å². The molecule has 0 bridgehead atoms. The first-order valence-corrected chi connectivity index (χ1v) is 22.0. The molecule has 62 heavy (non-hydrogen) atoms. The van der Waals surface area contributed by atoms with Crippen molar-refractivity contribution in [2.45, 2.75) is 39.0 Å². The van der Waals surface area contributed by atoms with Gasteiger partial charge in [-0.1, -0.05) is 83.9 Å². The van der Waals surface area contributed by atoms with Gasteiger partial charge in [0.05, 0.1) is 14.7 Å². The third-order valence-electron chi connectivity index (χ3n) is 9.25. The van der Waals surface area contributed by atoms with Crippen LogP contribution in [-0.4, -0.2) is 31.9 Å². The molecule has 7 rings (SSSR count). The van der Waals surface area contributed by atoms with Gasteiger partial charge in [-0.2, -0.15) is 17.6 Å². The molecule has 0 heterocycles. The number of hydrogen-bond donors (Lipinski definition) is 0. The fraction of sp³-hybridized carbons (Fsp3) is 0.0870. The predicted molar refractivity (Wildman–Crippen MR) is 224 cm³/mol. The standard InChI is InChI=1S/C46H34F4O8S3.Li/c1-30-3-7-32(8-4-30)33-13-19-39(20-14-33)58-43-29-40(23-28-44(43)59-45(47,48)46(49,50)61(53,54)55)57-37-17-11-35(12-18-37)34-9-15-36(16-10-34)56-38-21-26-42(27-22-38)60(51,52)41-24-5-31(2)6-25-41;/h3-29H,1-2H3,(H,53,54,55);/q;+1/p-1. The largest absolute Gasteiger partial charge is 1.00 e. The Morgan fingerprint density at radius 3 is 1.21 bits per heavy atom. The van der Waals surface area contributed by atoms with Gasteiger partial charge in [0.15, 0.2) is 10.1 Å². The average molecular weight is 893 g/mol. The van der Waals surface area contributed by atoms with Gasteiger partial charge in [0.2, 0.25) is 9.84 Å². The number of ether oxygens (including phenoxy) is 3.